The number of amides is 1. The van der Waals surface area contributed by atoms with Crippen LogP contribution in [0.25, 0.3) is 0 Å². The maximum atomic E-state index is 12.1. The molecular weight excluding hydrogens is 262 g/mol. The number of tetrazole rings is 1. The van der Waals surface area contributed by atoms with Crippen molar-refractivity contribution in [3.8, 4) is 0 Å². The summed E-state index contributed by atoms with van der Waals surface area (Å²) >= 11 is 0. The van der Waals surface area contributed by atoms with E-state index >= 15 is 0 Å². The Labute approximate surface area is 116 Å². The minimum atomic E-state index is -0.744. The first-order chi connectivity index (χ1) is 9.57. The molecule has 8 nitrogen and oxygen atoms in total. The van der Waals surface area contributed by atoms with Gasteiger partial charge >= 0.3 is 5.97 Å². The first-order valence-corrected chi connectivity index (χ1v) is 6.79. The number of hydrogen-bond donors (Lipinski definition) is 1. The highest BCUT2D eigenvalue weighted by Gasteiger charge is 2.41. The van der Waals surface area contributed by atoms with Gasteiger partial charge in [0.2, 0.25) is 5.91 Å². The van der Waals surface area contributed by atoms with Crippen LogP contribution in [0.2, 0.25) is 0 Å². The van der Waals surface area contributed by atoms with Gasteiger partial charge in [-0.15, -0.1) is 5.10 Å². The molecule has 0 spiro atoms. The van der Waals surface area contributed by atoms with Crippen molar-refractivity contribution in [1.29, 1.82) is 0 Å². The van der Waals surface area contributed by atoms with Gasteiger partial charge in [-0.05, 0) is 29.7 Å². The van der Waals surface area contributed by atoms with Crippen LogP contribution in [0.15, 0.2) is 6.33 Å². The number of carbonyl (C=O) groups is 2. The van der Waals surface area contributed by atoms with Crippen LogP contribution in [0.3, 0.4) is 0 Å². The molecule has 20 heavy (non-hydrogen) atoms. The lowest BCUT2D eigenvalue weighted by atomic mass is 9.75. The molecule has 0 atom stereocenters. The number of carboxylic acid groups (broad SMARTS) is 1. The molecule has 0 unspecified atom stereocenters. The summed E-state index contributed by atoms with van der Waals surface area (Å²) in [7, 11) is 0. The molecule has 0 bridgehead atoms. The summed E-state index contributed by atoms with van der Waals surface area (Å²) in [6, 6.07) is 0. The van der Waals surface area contributed by atoms with Crippen molar-refractivity contribution >= 4 is 11.9 Å². The lowest BCUT2D eigenvalue weighted by molar-refractivity contribution is -0.155. The van der Waals surface area contributed by atoms with E-state index in [1.807, 2.05) is 6.92 Å². The van der Waals surface area contributed by atoms with Crippen LogP contribution in [-0.2, 0) is 16.1 Å². The Balaban J connectivity index is 1.93. The Morgan fingerprint density at radius 3 is 2.55 bits per heavy atom. The van der Waals surface area contributed by atoms with Gasteiger partial charge in [0, 0.05) is 13.1 Å². The predicted octanol–water partition coefficient (Wildman–Crippen LogP) is 0.167. The van der Waals surface area contributed by atoms with Crippen molar-refractivity contribution < 1.29 is 14.7 Å². The summed E-state index contributed by atoms with van der Waals surface area (Å²) in [5.41, 5.74) is -0.666. The van der Waals surface area contributed by atoms with Gasteiger partial charge in [-0.1, -0.05) is 13.3 Å². The van der Waals surface area contributed by atoms with E-state index in [-0.39, 0.29) is 12.5 Å². The summed E-state index contributed by atoms with van der Waals surface area (Å²) in [6.45, 7) is 3.04. The van der Waals surface area contributed by atoms with Gasteiger partial charge in [0.25, 0.3) is 0 Å². The van der Waals surface area contributed by atoms with E-state index in [0.717, 1.165) is 6.42 Å². The number of nitrogens with zero attached hydrogens (tertiary/aromatic N) is 5. The lowest BCUT2D eigenvalue weighted by Crippen LogP contribution is -2.47. The molecule has 1 fully saturated rings. The fourth-order valence-electron chi connectivity index (χ4n) is 2.72. The number of carbonyl (C=O) groups excluding carboxylic acids is 1. The monoisotopic (exact) mass is 281 g/mol. The number of rotatable bonds is 5. The van der Waals surface area contributed by atoms with E-state index in [1.165, 1.54) is 11.0 Å². The van der Waals surface area contributed by atoms with Crippen molar-refractivity contribution in [2.45, 2.75) is 39.2 Å². The molecule has 1 aliphatic rings. The Hall–Kier alpha value is -1.99. The molecule has 0 aromatic carbocycles. The zero-order valence-corrected chi connectivity index (χ0v) is 11.5. The standard InChI is InChI=1S/C12H19N5O3/c1-2-3-12(11(19)20)4-6-16(7-5-12)10(18)8-17-9-13-14-15-17/h9H,2-8H2,1H3,(H,19,20). The topological polar surface area (TPSA) is 101 Å². The van der Waals surface area contributed by atoms with Gasteiger partial charge in [-0.3, -0.25) is 9.59 Å². The third kappa shape index (κ3) is 2.94. The van der Waals surface area contributed by atoms with Crippen LogP contribution in [0.4, 0.5) is 0 Å². The van der Waals surface area contributed by atoms with E-state index in [0.29, 0.717) is 32.4 Å². The maximum absolute atomic E-state index is 12.1. The number of aliphatic carboxylic acids is 1. The normalized spacial score (nSPS) is 17.9. The molecule has 8 heteroatoms. The molecule has 1 amide bonds. The molecule has 0 aliphatic carbocycles. The zero-order valence-electron chi connectivity index (χ0n) is 11.5. The van der Waals surface area contributed by atoms with E-state index in [9.17, 15) is 14.7 Å². The van der Waals surface area contributed by atoms with E-state index in [4.69, 9.17) is 0 Å². The second-order valence-electron chi connectivity index (χ2n) is 5.22. The SMILES string of the molecule is CCCC1(C(=O)O)CCN(C(=O)Cn2cnnn2)CC1. The summed E-state index contributed by atoms with van der Waals surface area (Å²) in [4.78, 5) is 25.2. The predicted molar refractivity (Wildman–Crippen MR) is 68.6 cm³/mol. The molecule has 1 aromatic rings. The van der Waals surface area contributed by atoms with Crippen molar-refractivity contribution in [3.63, 3.8) is 0 Å². The Kier molecular flexibility index (Phi) is 4.31. The van der Waals surface area contributed by atoms with Crippen LogP contribution in [0, 0.1) is 5.41 Å². The number of likely N-dealkylation sites (tertiary alicyclic amines) is 1. The summed E-state index contributed by atoms with van der Waals surface area (Å²) in [5, 5.41) is 20.0. The molecule has 2 heterocycles. The molecule has 110 valence electrons. The fraction of sp³-hybridized carbons (Fsp3) is 0.750. The molecule has 0 saturated carbocycles. The number of aromatic nitrogens is 4. The van der Waals surface area contributed by atoms with Gasteiger partial charge in [0.05, 0.1) is 5.41 Å². The van der Waals surface area contributed by atoms with Gasteiger partial charge in [0.1, 0.15) is 12.9 Å². The van der Waals surface area contributed by atoms with Crippen LogP contribution in [0.5, 0.6) is 0 Å². The largest absolute Gasteiger partial charge is 0.481 e. The second kappa shape index (κ2) is 5.98. The van der Waals surface area contributed by atoms with E-state index < -0.39 is 11.4 Å². The van der Waals surface area contributed by atoms with Crippen LogP contribution < -0.4 is 0 Å². The highest BCUT2D eigenvalue weighted by atomic mass is 16.4. The minimum absolute atomic E-state index is 0.0761. The highest BCUT2D eigenvalue weighted by Crippen LogP contribution is 2.36. The van der Waals surface area contributed by atoms with Gasteiger partial charge < -0.3 is 10.0 Å². The summed E-state index contributed by atoms with van der Waals surface area (Å²) in [5.74, 6) is -0.820. The smallest absolute Gasteiger partial charge is 0.309 e. The number of piperidine rings is 1. The first-order valence-electron chi connectivity index (χ1n) is 6.79. The average molecular weight is 281 g/mol. The number of hydrogen-bond acceptors (Lipinski definition) is 5. The Morgan fingerprint density at radius 2 is 2.05 bits per heavy atom. The van der Waals surface area contributed by atoms with Crippen molar-refractivity contribution in [3.05, 3.63) is 6.33 Å². The molecule has 1 saturated heterocycles. The molecule has 1 aromatic heterocycles. The Bertz CT molecular complexity index is 465. The van der Waals surface area contributed by atoms with Crippen molar-refractivity contribution in [2.75, 3.05) is 13.1 Å². The summed E-state index contributed by atoms with van der Waals surface area (Å²) < 4.78 is 1.37. The second-order valence-corrected chi connectivity index (χ2v) is 5.22. The minimum Gasteiger partial charge on any atom is -0.481 e. The lowest BCUT2D eigenvalue weighted by Gasteiger charge is -2.38. The first kappa shape index (κ1) is 14.4. The quantitative estimate of drug-likeness (QED) is 0.825. The molecule has 2 rings (SSSR count). The van der Waals surface area contributed by atoms with Crippen molar-refractivity contribution in [1.82, 2.24) is 25.1 Å². The van der Waals surface area contributed by atoms with E-state index in [1.54, 1.807) is 4.90 Å². The number of carboxylic acids is 1. The molecule has 1 N–H and O–H groups in total. The van der Waals surface area contributed by atoms with Gasteiger partial charge in [-0.2, -0.15) is 0 Å². The molecule has 1 aliphatic heterocycles. The maximum Gasteiger partial charge on any atom is 0.309 e. The highest BCUT2D eigenvalue weighted by molar-refractivity contribution is 5.78. The van der Waals surface area contributed by atoms with Crippen molar-refractivity contribution in [2.24, 2.45) is 5.41 Å². The van der Waals surface area contributed by atoms with Gasteiger partial charge in [-0.25, -0.2) is 4.68 Å². The van der Waals surface area contributed by atoms with Crippen LogP contribution in [0.1, 0.15) is 32.6 Å². The third-order valence-corrected chi connectivity index (χ3v) is 3.94. The molecular formula is C12H19N5O3. The zero-order chi connectivity index (χ0) is 14.6. The third-order valence-electron chi connectivity index (χ3n) is 3.94. The Morgan fingerprint density at radius 1 is 1.35 bits per heavy atom. The fourth-order valence-corrected chi connectivity index (χ4v) is 2.72. The van der Waals surface area contributed by atoms with E-state index in [2.05, 4.69) is 15.5 Å². The van der Waals surface area contributed by atoms with Crippen LogP contribution in [-0.4, -0.2) is 55.2 Å². The van der Waals surface area contributed by atoms with Crippen LogP contribution >= 0.6 is 0 Å². The average Bonchev–Trinajstić information content (AvgIpc) is 2.92. The molecule has 0 radical (unpaired) electrons. The summed E-state index contributed by atoms with van der Waals surface area (Å²) in [6.07, 6.45) is 3.91. The van der Waals surface area contributed by atoms with Gasteiger partial charge in [0.15, 0.2) is 0 Å².